The Morgan fingerprint density at radius 1 is 1.15 bits per heavy atom. The molecule has 0 saturated heterocycles. The van der Waals surface area contributed by atoms with Crippen LogP contribution >= 0.6 is 0 Å². The molecule has 104 valence electrons. The number of rotatable bonds is 6. The maximum Gasteiger partial charge on any atom is 0.326 e. The van der Waals surface area contributed by atoms with Crippen molar-refractivity contribution < 1.29 is 14.6 Å². The summed E-state index contributed by atoms with van der Waals surface area (Å²) in [7, 11) is 0. The molecule has 0 bridgehead atoms. The van der Waals surface area contributed by atoms with Crippen molar-refractivity contribution in [3.63, 3.8) is 0 Å². The standard InChI is InChI=1S/C16H17NO3/c1-2-15(16(18)19)17-12-7-6-10-14(11-12)20-13-8-4-3-5-9-13/h3-11,15,17H,2H2,1H3,(H,18,19). The third-order valence-corrected chi connectivity index (χ3v) is 2.86. The van der Waals surface area contributed by atoms with E-state index in [-0.39, 0.29) is 0 Å². The first-order valence-electron chi connectivity index (χ1n) is 6.51. The van der Waals surface area contributed by atoms with Crippen molar-refractivity contribution in [2.75, 3.05) is 5.32 Å². The van der Waals surface area contributed by atoms with Crippen LogP contribution in [0.5, 0.6) is 11.5 Å². The zero-order chi connectivity index (χ0) is 14.4. The zero-order valence-corrected chi connectivity index (χ0v) is 11.2. The third kappa shape index (κ3) is 3.75. The van der Waals surface area contributed by atoms with Crippen molar-refractivity contribution in [3.05, 3.63) is 54.6 Å². The molecular weight excluding hydrogens is 254 g/mol. The highest BCUT2D eigenvalue weighted by molar-refractivity contribution is 5.77. The lowest BCUT2D eigenvalue weighted by Gasteiger charge is -2.14. The molecule has 0 aromatic heterocycles. The Hall–Kier alpha value is -2.49. The van der Waals surface area contributed by atoms with Gasteiger partial charge < -0.3 is 15.2 Å². The largest absolute Gasteiger partial charge is 0.480 e. The molecule has 2 N–H and O–H groups in total. The molecule has 0 heterocycles. The summed E-state index contributed by atoms with van der Waals surface area (Å²) < 4.78 is 5.71. The fourth-order valence-corrected chi connectivity index (χ4v) is 1.81. The topological polar surface area (TPSA) is 58.6 Å². The minimum atomic E-state index is -0.859. The van der Waals surface area contributed by atoms with Gasteiger partial charge in [-0.1, -0.05) is 31.2 Å². The second kappa shape index (κ2) is 6.61. The molecule has 0 radical (unpaired) electrons. The van der Waals surface area contributed by atoms with Gasteiger partial charge in [0.05, 0.1) is 0 Å². The van der Waals surface area contributed by atoms with Crippen LogP contribution in [0.25, 0.3) is 0 Å². The Kier molecular flexibility index (Phi) is 4.60. The van der Waals surface area contributed by atoms with Gasteiger partial charge in [0.2, 0.25) is 0 Å². The van der Waals surface area contributed by atoms with Gasteiger partial charge in [0.1, 0.15) is 17.5 Å². The smallest absolute Gasteiger partial charge is 0.326 e. The Morgan fingerprint density at radius 3 is 2.50 bits per heavy atom. The van der Waals surface area contributed by atoms with Gasteiger partial charge in [0, 0.05) is 11.8 Å². The first-order valence-corrected chi connectivity index (χ1v) is 6.51. The normalized spacial score (nSPS) is 11.7. The number of carboxylic acids is 1. The Morgan fingerprint density at radius 2 is 1.85 bits per heavy atom. The van der Waals surface area contributed by atoms with E-state index < -0.39 is 12.0 Å². The van der Waals surface area contributed by atoms with Crippen molar-refractivity contribution in [1.82, 2.24) is 0 Å². The first kappa shape index (κ1) is 13.9. The summed E-state index contributed by atoms with van der Waals surface area (Å²) in [5.41, 5.74) is 0.729. The molecule has 1 atom stereocenters. The van der Waals surface area contributed by atoms with Crippen molar-refractivity contribution in [1.29, 1.82) is 0 Å². The average Bonchev–Trinajstić information content (AvgIpc) is 2.46. The molecule has 0 aliphatic carbocycles. The second-order valence-corrected chi connectivity index (χ2v) is 4.39. The third-order valence-electron chi connectivity index (χ3n) is 2.86. The number of hydrogen-bond donors (Lipinski definition) is 2. The van der Waals surface area contributed by atoms with Crippen LogP contribution in [0.15, 0.2) is 54.6 Å². The number of anilines is 1. The molecule has 2 rings (SSSR count). The molecular formula is C16H17NO3. The van der Waals surface area contributed by atoms with Crippen LogP contribution in [0.4, 0.5) is 5.69 Å². The van der Waals surface area contributed by atoms with Gasteiger partial charge >= 0.3 is 5.97 Å². The summed E-state index contributed by atoms with van der Waals surface area (Å²) in [4.78, 5) is 11.0. The number of aliphatic carboxylic acids is 1. The van der Waals surface area contributed by atoms with Crippen LogP contribution < -0.4 is 10.1 Å². The summed E-state index contributed by atoms with van der Waals surface area (Å²) in [6.07, 6.45) is 0.513. The van der Waals surface area contributed by atoms with Crippen molar-refractivity contribution in [3.8, 4) is 11.5 Å². The van der Waals surface area contributed by atoms with E-state index in [4.69, 9.17) is 9.84 Å². The van der Waals surface area contributed by atoms with Crippen LogP contribution in [-0.2, 0) is 4.79 Å². The number of hydrogen-bond acceptors (Lipinski definition) is 3. The molecule has 4 nitrogen and oxygen atoms in total. The summed E-state index contributed by atoms with van der Waals surface area (Å²) in [5, 5.41) is 12.0. The number of nitrogens with one attached hydrogen (secondary N) is 1. The average molecular weight is 271 g/mol. The van der Waals surface area contributed by atoms with Gasteiger partial charge in [0.15, 0.2) is 0 Å². The maximum absolute atomic E-state index is 11.0. The molecule has 4 heteroatoms. The van der Waals surface area contributed by atoms with Crippen molar-refractivity contribution in [2.24, 2.45) is 0 Å². The van der Waals surface area contributed by atoms with E-state index in [2.05, 4.69) is 5.32 Å². The van der Waals surface area contributed by atoms with Gasteiger partial charge in [-0.05, 0) is 30.7 Å². The number of benzene rings is 2. The molecule has 0 saturated carbocycles. The fourth-order valence-electron chi connectivity index (χ4n) is 1.81. The van der Waals surface area contributed by atoms with E-state index in [0.717, 1.165) is 11.4 Å². The molecule has 0 spiro atoms. The molecule has 0 fully saturated rings. The predicted octanol–water partition coefficient (Wildman–Crippen LogP) is 3.75. The van der Waals surface area contributed by atoms with Crippen LogP contribution in [0.1, 0.15) is 13.3 Å². The van der Waals surface area contributed by atoms with Crippen LogP contribution in [0, 0.1) is 0 Å². The summed E-state index contributed by atoms with van der Waals surface area (Å²) in [5.74, 6) is 0.554. The zero-order valence-electron chi connectivity index (χ0n) is 11.2. The number of carbonyl (C=O) groups is 1. The van der Waals surface area contributed by atoms with Gasteiger partial charge in [-0.2, -0.15) is 0 Å². The van der Waals surface area contributed by atoms with Gasteiger partial charge in [-0.25, -0.2) is 4.79 Å². The van der Waals surface area contributed by atoms with E-state index in [9.17, 15) is 4.79 Å². The van der Waals surface area contributed by atoms with E-state index in [1.165, 1.54) is 0 Å². The minimum absolute atomic E-state index is 0.513. The number of ether oxygens (including phenoxy) is 1. The van der Waals surface area contributed by atoms with Crippen LogP contribution in [0.2, 0.25) is 0 Å². The van der Waals surface area contributed by atoms with E-state index in [0.29, 0.717) is 12.2 Å². The Bertz CT molecular complexity index is 569. The van der Waals surface area contributed by atoms with Gasteiger partial charge in [-0.15, -0.1) is 0 Å². The molecule has 0 amide bonds. The molecule has 0 aliphatic rings. The highest BCUT2D eigenvalue weighted by Crippen LogP contribution is 2.24. The monoisotopic (exact) mass is 271 g/mol. The van der Waals surface area contributed by atoms with Crippen LogP contribution in [0.3, 0.4) is 0 Å². The lowest BCUT2D eigenvalue weighted by molar-refractivity contribution is -0.137. The fraction of sp³-hybridized carbons (Fsp3) is 0.188. The Labute approximate surface area is 118 Å². The highest BCUT2D eigenvalue weighted by Gasteiger charge is 2.14. The predicted molar refractivity (Wildman–Crippen MR) is 78.3 cm³/mol. The lowest BCUT2D eigenvalue weighted by atomic mass is 10.2. The second-order valence-electron chi connectivity index (χ2n) is 4.39. The van der Waals surface area contributed by atoms with Crippen molar-refractivity contribution in [2.45, 2.75) is 19.4 Å². The van der Waals surface area contributed by atoms with E-state index in [1.807, 2.05) is 55.5 Å². The van der Waals surface area contributed by atoms with Crippen molar-refractivity contribution >= 4 is 11.7 Å². The van der Waals surface area contributed by atoms with E-state index >= 15 is 0 Å². The lowest BCUT2D eigenvalue weighted by Crippen LogP contribution is -2.28. The summed E-state index contributed by atoms with van der Waals surface area (Å²) in [6.45, 7) is 1.83. The van der Waals surface area contributed by atoms with Gasteiger partial charge in [-0.3, -0.25) is 0 Å². The number of para-hydroxylation sites is 1. The van der Waals surface area contributed by atoms with Crippen LogP contribution in [-0.4, -0.2) is 17.1 Å². The Balaban J connectivity index is 2.10. The minimum Gasteiger partial charge on any atom is -0.480 e. The summed E-state index contributed by atoms with van der Waals surface area (Å²) >= 11 is 0. The molecule has 2 aromatic carbocycles. The highest BCUT2D eigenvalue weighted by atomic mass is 16.5. The number of carboxylic acid groups (broad SMARTS) is 1. The quantitative estimate of drug-likeness (QED) is 0.840. The SMILES string of the molecule is CCC(Nc1cccc(Oc2ccccc2)c1)C(=O)O. The first-order chi connectivity index (χ1) is 9.69. The maximum atomic E-state index is 11.0. The molecule has 1 unspecified atom stereocenters. The van der Waals surface area contributed by atoms with E-state index in [1.54, 1.807) is 6.07 Å². The van der Waals surface area contributed by atoms with Gasteiger partial charge in [0.25, 0.3) is 0 Å². The summed E-state index contributed by atoms with van der Waals surface area (Å²) in [6, 6.07) is 16.1. The molecule has 2 aromatic rings. The molecule has 20 heavy (non-hydrogen) atoms. The molecule has 0 aliphatic heterocycles.